The molecule has 0 aromatic carbocycles. The van der Waals surface area contributed by atoms with Gasteiger partial charge < -0.3 is 10.1 Å². The van der Waals surface area contributed by atoms with Crippen molar-refractivity contribution in [3.63, 3.8) is 0 Å². The lowest BCUT2D eigenvalue weighted by atomic mass is 10.3. The van der Waals surface area contributed by atoms with Gasteiger partial charge in [-0.2, -0.15) is 4.31 Å². The summed E-state index contributed by atoms with van der Waals surface area (Å²) in [6.45, 7) is 3.48. The van der Waals surface area contributed by atoms with E-state index in [9.17, 15) is 13.2 Å². The third-order valence-corrected chi connectivity index (χ3v) is 6.32. The van der Waals surface area contributed by atoms with E-state index in [4.69, 9.17) is 5.11 Å². The average molecular weight is 305 g/mol. The molecule has 1 fully saturated rings. The van der Waals surface area contributed by atoms with Gasteiger partial charge in [0.25, 0.3) is 10.0 Å². The maximum absolute atomic E-state index is 12.5. The van der Waals surface area contributed by atoms with Gasteiger partial charge in [-0.25, -0.2) is 13.4 Å². The highest BCUT2D eigenvalue weighted by Gasteiger charge is 2.46. The fourth-order valence-corrected chi connectivity index (χ4v) is 5.50. The number of nitrogens with one attached hydrogen (secondary N) is 1. The molecule has 1 saturated heterocycles. The van der Waals surface area contributed by atoms with Crippen LogP contribution in [-0.2, 0) is 14.8 Å². The first-order valence-corrected chi connectivity index (χ1v) is 8.26. The molecule has 1 aliphatic rings. The number of aliphatic carboxylic acids is 1. The van der Waals surface area contributed by atoms with Gasteiger partial charge in [0.15, 0.2) is 5.03 Å². The number of carbonyl (C=O) groups is 1. The largest absolute Gasteiger partial charge is 0.480 e. The van der Waals surface area contributed by atoms with E-state index in [0.29, 0.717) is 12.2 Å². The first kappa shape index (κ1) is 14.4. The number of hydrogen-bond donors (Lipinski definition) is 2. The summed E-state index contributed by atoms with van der Waals surface area (Å²) in [5, 5.41) is 8.76. The van der Waals surface area contributed by atoms with Crippen LogP contribution in [-0.4, -0.2) is 50.9 Å². The van der Waals surface area contributed by atoms with Crippen molar-refractivity contribution in [2.75, 3.05) is 5.75 Å². The molecule has 106 valence electrons. The van der Waals surface area contributed by atoms with Crippen LogP contribution in [0.3, 0.4) is 0 Å². The maximum Gasteiger partial charge on any atom is 0.322 e. The van der Waals surface area contributed by atoms with Crippen LogP contribution in [0.2, 0.25) is 0 Å². The number of rotatable bonds is 4. The zero-order chi connectivity index (χ0) is 14.2. The quantitative estimate of drug-likeness (QED) is 0.846. The molecule has 1 aliphatic heterocycles. The summed E-state index contributed by atoms with van der Waals surface area (Å²) in [5.74, 6) is -0.381. The predicted molar refractivity (Wildman–Crippen MR) is 70.3 cm³/mol. The molecule has 2 heterocycles. The van der Waals surface area contributed by atoms with Crippen LogP contribution in [0.1, 0.15) is 19.2 Å². The summed E-state index contributed by atoms with van der Waals surface area (Å²) in [6.07, 6.45) is 1.78. The number of carboxylic acids is 1. The zero-order valence-electron chi connectivity index (χ0n) is 10.5. The van der Waals surface area contributed by atoms with E-state index in [-0.39, 0.29) is 16.2 Å². The van der Waals surface area contributed by atoms with E-state index in [1.165, 1.54) is 18.0 Å². The van der Waals surface area contributed by atoms with E-state index < -0.39 is 22.0 Å². The number of hydrogen-bond acceptors (Lipinski definition) is 5. The fourth-order valence-electron chi connectivity index (χ4n) is 1.99. The number of sulfonamides is 1. The SMILES string of the molecule is CCC1SCC(C(=O)O)N1S(=O)(=O)c1cnc(C)[nH]1. The summed E-state index contributed by atoms with van der Waals surface area (Å²) < 4.78 is 26.1. The minimum absolute atomic E-state index is 0.0581. The summed E-state index contributed by atoms with van der Waals surface area (Å²) in [7, 11) is -3.86. The van der Waals surface area contributed by atoms with E-state index in [1.807, 2.05) is 6.92 Å². The van der Waals surface area contributed by atoms with Crippen molar-refractivity contribution in [1.82, 2.24) is 14.3 Å². The minimum Gasteiger partial charge on any atom is -0.480 e. The second-order valence-electron chi connectivity index (χ2n) is 4.22. The van der Waals surface area contributed by atoms with Gasteiger partial charge >= 0.3 is 5.97 Å². The van der Waals surface area contributed by atoms with Gasteiger partial charge in [0.1, 0.15) is 11.9 Å². The molecular formula is C10H15N3O4S2. The Balaban J connectivity index is 2.43. The first-order valence-electron chi connectivity index (χ1n) is 5.77. The summed E-state index contributed by atoms with van der Waals surface area (Å²) in [4.78, 5) is 17.7. The second-order valence-corrected chi connectivity index (χ2v) is 7.24. The normalized spacial score (nSPS) is 24.7. The van der Waals surface area contributed by atoms with Crippen LogP contribution in [0.4, 0.5) is 0 Å². The first-order chi connectivity index (χ1) is 8.87. The third kappa shape index (κ3) is 2.49. The molecule has 19 heavy (non-hydrogen) atoms. The maximum atomic E-state index is 12.5. The Hall–Kier alpha value is -1.06. The Labute approximate surface area is 115 Å². The molecule has 0 saturated carbocycles. The van der Waals surface area contributed by atoms with Crippen LogP contribution in [0, 0.1) is 6.92 Å². The monoisotopic (exact) mass is 305 g/mol. The third-order valence-electron chi connectivity index (χ3n) is 2.91. The number of imidazole rings is 1. The Morgan fingerprint density at radius 2 is 2.37 bits per heavy atom. The zero-order valence-corrected chi connectivity index (χ0v) is 12.2. The van der Waals surface area contributed by atoms with Crippen molar-refractivity contribution in [3.8, 4) is 0 Å². The van der Waals surface area contributed by atoms with Gasteiger partial charge in [0, 0.05) is 5.75 Å². The highest BCUT2D eigenvalue weighted by Crippen LogP contribution is 2.35. The van der Waals surface area contributed by atoms with Crippen LogP contribution >= 0.6 is 11.8 Å². The molecule has 0 bridgehead atoms. The Bertz CT molecular complexity index is 583. The molecule has 1 aromatic heterocycles. The summed E-state index contributed by atoms with van der Waals surface area (Å²) >= 11 is 1.35. The standard InChI is InChI=1S/C10H15N3O4S2/c1-3-9-13(7(5-18-9)10(14)15)19(16,17)8-4-11-6(2)12-8/h4,7,9H,3,5H2,1-2H3,(H,11,12)(H,14,15). The van der Waals surface area contributed by atoms with Gasteiger partial charge in [-0.3, -0.25) is 4.79 Å². The van der Waals surface area contributed by atoms with Gasteiger partial charge in [0.2, 0.25) is 0 Å². The van der Waals surface area contributed by atoms with E-state index in [2.05, 4.69) is 9.97 Å². The molecule has 0 aliphatic carbocycles. The van der Waals surface area contributed by atoms with Gasteiger partial charge in [0.05, 0.1) is 11.6 Å². The Kier molecular flexibility index (Phi) is 3.88. The summed E-state index contributed by atoms with van der Waals surface area (Å²) in [6, 6.07) is -1.02. The molecule has 2 N–H and O–H groups in total. The van der Waals surface area contributed by atoms with E-state index >= 15 is 0 Å². The molecule has 1 aromatic rings. The number of carboxylic acid groups (broad SMARTS) is 1. The molecule has 0 spiro atoms. The van der Waals surface area contributed by atoms with Crippen LogP contribution in [0.5, 0.6) is 0 Å². The fraction of sp³-hybridized carbons (Fsp3) is 0.600. The van der Waals surface area contributed by atoms with E-state index in [0.717, 1.165) is 4.31 Å². The van der Waals surface area contributed by atoms with Crippen molar-refractivity contribution in [2.45, 2.75) is 36.7 Å². The number of nitrogens with zero attached hydrogens (tertiary/aromatic N) is 2. The molecule has 2 atom stereocenters. The highest BCUT2D eigenvalue weighted by molar-refractivity contribution is 8.01. The predicted octanol–water partition coefficient (Wildman–Crippen LogP) is 0.645. The highest BCUT2D eigenvalue weighted by atomic mass is 32.2. The lowest BCUT2D eigenvalue weighted by molar-refractivity contribution is -0.140. The van der Waals surface area contributed by atoms with Gasteiger partial charge in [-0.05, 0) is 13.3 Å². The van der Waals surface area contributed by atoms with Crippen LogP contribution in [0.25, 0.3) is 0 Å². The Morgan fingerprint density at radius 1 is 1.68 bits per heavy atom. The average Bonchev–Trinajstić information content (AvgIpc) is 2.94. The number of aromatic nitrogens is 2. The molecule has 7 nitrogen and oxygen atoms in total. The minimum atomic E-state index is -3.86. The number of thioether (sulfide) groups is 1. The van der Waals surface area contributed by atoms with Crippen molar-refractivity contribution < 1.29 is 18.3 Å². The van der Waals surface area contributed by atoms with Crippen molar-refractivity contribution >= 4 is 27.8 Å². The molecule has 2 rings (SSSR count). The van der Waals surface area contributed by atoms with Crippen molar-refractivity contribution in [3.05, 3.63) is 12.0 Å². The van der Waals surface area contributed by atoms with Gasteiger partial charge in [-0.15, -0.1) is 11.8 Å². The number of aromatic amines is 1. The summed E-state index contributed by atoms with van der Waals surface area (Å²) in [5.41, 5.74) is 0. The lowest BCUT2D eigenvalue weighted by Crippen LogP contribution is -2.45. The van der Waals surface area contributed by atoms with Gasteiger partial charge in [-0.1, -0.05) is 6.92 Å². The number of H-pyrrole nitrogens is 1. The van der Waals surface area contributed by atoms with Crippen molar-refractivity contribution in [1.29, 1.82) is 0 Å². The molecule has 9 heteroatoms. The second kappa shape index (κ2) is 5.14. The molecule has 0 amide bonds. The van der Waals surface area contributed by atoms with E-state index in [1.54, 1.807) is 6.92 Å². The van der Waals surface area contributed by atoms with Crippen molar-refractivity contribution in [2.24, 2.45) is 0 Å². The molecular weight excluding hydrogens is 290 g/mol. The smallest absolute Gasteiger partial charge is 0.322 e. The van der Waals surface area contributed by atoms with Crippen LogP contribution in [0.15, 0.2) is 11.2 Å². The topological polar surface area (TPSA) is 103 Å². The molecule has 0 radical (unpaired) electrons. The van der Waals surface area contributed by atoms with Crippen LogP contribution < -0.4 is 0 Å². The Morgan fingerprint density at radius 3 is 2.84 bits per heavy atom. The molecule has 2 unspecified atom stereocenters. The number of aryl methyl sites for hydroxylation is 1. The lowest BCUT2D eigenvalue weighted by Gasteiger charge is -2.24.